The molecule has 0 aliphatic heterocycles. The van der Waals surface area contributed by atoms with Gasteiger partial charge < -0.3 is 14.6 Å². The maximum Gasteiger partial charge on any atom is 0.335 e. The minimum atomic E-state index is -0.590. The van der Waals surface area contributed by atoms with E-state index in [1.165, 1.54) is 88.2 Å². The van der Waals surface area contributed by atoms with E-state index >= 15 is 0 Å². The molecular formula is C35H52O5. The molecule has 0 amide bonds. The molecule has 2 fully saturated rings. The third kappa shape index (κ3) is 10.5. The number of rotatable bonds is 16. The second kappa shape index (κ2) is 17.4. The maximum atomic E-state index is 12.0. The van der Waals surface area contributed by atoms with E-state index in [1.54, 1.807) is 0 Å². The van der Waals surface area contributed by atoms with Crippen molar-refractivity contribution in [2.45, 2.75) is 96.8 Å². The Morgan fingerprint density at radius 3 is 2.05 bits per heavy atom. The number of aliphatic hydroxyl groups excluding tert-OH is 1. The average molecular weight is 553 g/mol. The van der Waals surface area contributed by atoms with Crippen molar-refractivity contribution < 1.29 is 24.2 Å². The first-order chi connectivity index (χ1) is 19.4. The van der Waals surface area contributed by atoms with Gasteiger partial charge in [-0.3, -0.25) is 0 Å². The Morgan fingerprint density at radius 2 is 1.48 bits per heavy atom. The molecule has 2 aliphatic carbocycles. The van der Waals surface area contributed by atoms with Crippen LogP contribution in [0.4, 0.5) is 0 Å². The fraction of sp³-hybridized carbons (Fsp3) is 0.657. The topological polar surface area (TPSA) is 72.8 Å². The smallest absolute Gasteiger partial charge is 0.335 e. The predicted octanol–water partition coefficient (Wildman–Crippen LogP) is 7.40. The molecule has 0 bridgehead atoms. The number of esters is 2. The third-order valence-corrected chi connectivity index (χ3v) is 9.49. The molecule has 1 N–H and O–H groups in total. The highest BCUT2D eigenvalue weighted by molar-refractivity contribution is 5.87. The molecule has 5 heteroatoms. The van der Waals surface area contributed by atoms with Gasteiger partial charge in [-0.15, -0.1) is 0 Å². The Labute approximate surface area is 242 Å². The van der Waals surface area contributed by atoms with E-state index in [9.17, 15) is 9.59 Å². The van der Waals surface area contributed by atoms with Crippen LogP contribution in [0.5, 0.6) is 0 Å². The van der Waals surface area contributed by atoms with Crippen molar-refractivity contribution in [1.29, 1.82) is 0 Å². The summed E-state index contributed by atoms with van der Waals surface area (Å²) in [5, 5.41) is 9.14. The van der Waals surface area contributed by atoms with Gasteiger partial charge in [-0.2, -0.15) is 0 Å². The SMILES string of the molecule is C=CC(=O)OCC(COC(=O)C(=C)CO)C1CCC(C2CCC(CCc3ccc(CCCCC)cc3)CC2)CC1. The third-order valence-electron chi connectivity index (χ3n) is 9.49. The Morgan fingerprint density at radius 1 is 0.900 bits per heavy atom. The summed E-state index contributed by atoms with van der Waals surface area (Å²) >= 11 is 0. The number of benzene rings is 1. The summed E-state index contributed by atoms with van der Waals surface area (Å²) in [5.74, 6) is 1.69. The number of carbonyl (C=O) groups is 2. The Hall–Kier alpha value is -2.40. The monoisotopic (exact) mass is 552 g/mol. The van der Waals surface area contributed by atoms with Gasteiger partial charge in [0, 0.05) is 12.0 Å². The Bertz CT molecular complexity index is 920. The molecule has 5 nitrogen and oxygen atoms in total. The van der Waals surface area contributed by atoms with E-state index < -0.39 is 18.5 Å². The number of ether oxygens (including phenoxy) is 2. The van der Waals surface area contributed by atoms with Gasteiger partial charge in [0.15, 0.2) is 0 Å². The molecule has 1 aromatic rings. The predicted molar refractivity (Wildman–Crippen MR) is 161 cm³/mol. The number of hydrogen-bond donors (Lipinski definition) is 1. The molecule has 40 heavy (non-hydrogen) atoms. The molecule has 1 atom stereocenters. The van der Waals surface area contributed by atoms with Gasteiger partial charge in [0.1, 0.15) is 0 Å². The van der Waals surface area contributed by atoms with Gasteiger partial charge in [-0.05, 0) is 99.0 Å². The summed E-state index contributed by atoms with van der Waals surface area (Å²) in [6, 6.07) is 9.37. The van der Waals surface area contributed by atoms with Crippen LogP contribution in [0.1, 0.15) is 95.1 Å². The normalized spacial score (nSPS) is 23.6. The molecule has 3 rings (SSSR count). The number of aliphatic hydroxyl groups is 1. The standard InChI is InChI=1S/C35H52O5/c1-4-6-7-8-27-9-11-28(12-10-27)13-14-29-15-17-30(18-16-29)31-19-21-32(22-20-31)33(24-39-34(37)5-2)25-40-35(38)26(3)23-36/h5,9-12,29-33,36H,2-4,6-8,13-25H2,1H3. The highest BCUT2D eigenvalue weighted by atomic mass is 16.5. The summed E-state index contributed by atoms with van der Waals surface area (Å²) < 4.78 is 10.7. The van der Waals surface area contributed by atoms with Crippen molar-refractivity contribution in [2.24, 2.45) is 29.6 Å². The van der Waals surface area contributed by atoms with E-state index in [1.807, 2.05) is 0 Å². The van der Waals surface area contributed by atoms with Gasteiger partial charge in [0.25, 0.3) is 0 Å². The first-order valence-electron chi connectivity index (χ1n) is 15.8. The molecule has 2 aliphatic rings. The van der Waals surface area contributed by atoms with E-state index in [-0.39, 0.29) is 24.7 Å². The van der Waals surface area contributed by atoms with E-state index in [2.05, 4.69) is 44.3 Å². The van der Waals surface area contributed by atoms with Crippen LogP contribution in [0.15, 0.2) is 49.1 Å². The van der Waals surface area contributed by atoms with Crippen LogP contribution in [0, 0.1) is 29.6 Å². The fourth-order valence-electron chi connectivity index (χ4n) is 6.78. The highest BCUT2D eigenvalue weighted by Crippen LogP contribution is 2.43. The molecular weight excluding hydrogens is 500 g/mol. The van der Waals surface area contributed by atoms with Crippen LogP contribution in [-0.2, 0) is 31.9 Å². The zero-order valence-electron chi connectivity index (χ0n) is 24.8. The Balaban J connectivity index is 1.39. The van der Waals surface area contributed by atoms with Crippen LogP contribution in [0.2, 0.25) is 0 Å². The molecule has 222 valence electrons. The van der Waals surface area contributed by atoms with E-state index in [4.69, 9.17) is 14.6 Å². The van der Waals surface area contributed by atoms with Crippen LogP contribution in [-0.4, -0.2) is 36.9 Å². The zero-order valence-corrected chi connectivity index (χ0v) is 24.8. The van der Waals surface area contributed by atoms with Gasteiger partial charge in [-0.25, -0.2) is 9.59 Å². The molecule has 0 spiro atoms. The van der Waals surface area contributed by atoms with E-state index in [0.717, 1.165) is 36.7 Å². The maximum absolute atomic E-state index is 12.0. The van der Waals surface area contributed by atoms with Crippen LogP contribution < -0.4 is 0 Å². The second-order valence-electron chi connectivity index (χ2n) is 12.2. The van der Waals surface area contributed by atoms with Crippen molar-refractivity contribution in [3.63, 3.8) is 0 Å². The van der Waals surface area contributed by atoms with Crippen molar-refractivity contribution in [2.75, 3.05) is 19.8 Å². The van der Waals surface area contributed by atoms with Crippen molar-refractivity contribution in [1.82, 2.24) is 0 Å². The van der Waals surface area contributed by atoms with E-state index in [0.29, 0.717) is 5.92 Å². The highest BCUT2D eigenvalue weighted by Gasteiger charge is 2.34. The molecule has 0 radical (unpaired) electrons. The number of carbonyl (C=O) groups excluding carboxylic acids is 2. The first-order valence-corrected chi connectivity index (χ1v) is 15.8. The lowest BCUT2D eigenvalue weighted by molar-refractivity contribution is -0.145. The lowest BCUT2D eigenvalue weighted by atomic mass is 9.67. The average Bonchev–Trinajstić information content (AvgIpc) is 3.00. The van der Waals surface area contributed by atoms with Gasteiger partial charge in [-0.1, -0.05) is 70.0 Å². The lowest BCUT2D eigenvalue weighted by Crippen LogP contribution is -2.33. The summed E-state index contributed by atoms with van der Waals surface area (Å²) in [5.41, 5.74) is 3.00. The van der Waals surface area contributed by atoms with Crippen molar-refractivity contribution in [3.8, 4) is 0 Å². The molecule has 0 saturated heterocycles. The van der Waals surface area contributed by atoms with Gasteiger partial charge in [0.05, 0.1) is 25.4 Å². The largest absolute Gasteiger partial charge is 0.462 e. The quantitative estimate of drug-likeness (QED) is 0.131. The molecule has 0 heterocycles. The fourth-order valence-corrected chi connectivity index (χ4v) is 6.78. The van der Waals surface area contributed by atoms with Crippen LogP contribution in [0.3, 0.4) is 0 Å². The van der Waals surface area contributed by atoms with Gasteiger partial charge >= 0.3 is 11.9 Å². The molecule has 1 unspecified atom stereocenters. The first kappa shape index (κ1) is 32.1. The van der Waals surface area contributed by atoms with Gasteiger partial charge in [0.2, 0.25) is 0 Å². The molecule has 1 aromatic carbocycles. The number of aryl methyl sites for hydroxylation is 2. The van der Waals surface area contributed by atoms with Crippen molar-refractivity contribution >= 4 is 11.9 Å². The number of hydrogen-bond acceptors (Lipinski definition) is 5. The van der Waals surface area contributed by atoms with Crippen molar-refractivity contribution in [3.05, 3.63) is 60.2 Å². The molecule has 2 saturated carbocycles. The minimum absolute atomic E-state index is 0.0388. The molecule has 0 aromatic heterocycles. The van der Waals surface area contributed by atoms with Crippen LogP contribution in [0.25, 0.3) is 0 Å². The minimum Gasteiger partial charge on any atom is -0.462 e. The lowest BCUT2D eigenvalue weighted by Gasteiger charge is -2.39. The zero-order chi connectivity index (χ0) is 28.7. The summed E-state index contributed by atoms with van der Waals surface area (Å²) in [7, 11) is 0. The summed E-state index contributed by atoms with van der Waals surface area (Å²) in [6.45, 7) is 9.23. The summed E-state index contributed by atoms with van der Waals surface area (Å²) in [4.78, 5) is 23.7. The second-order valence-corrected chi connectivity index (χ2v) is 12.2. The summed E-state index contributed by atoms with van der Waals surface area (Å²) in [6.07, 6.45) is 18.7. The Kier molecular flexibility index (Phi) is 14.0. The number of unbranched alkanes of at least 4 members (excludes halogenated alkanes) is 2. The van der Waals surface area contributed by atoms with Crippen LogP contribution >= 0.6 is 0 Å².